The number of nitrogen functional groups attached to an aromatic ring is 1. The van der Waals surface area contributed by atoms with Crippen molar-refractivity contribution < 1.29 is 5.11 Å². The number of nitrogens with zero attached hydrogens (tertiary/aromatic N) is 2. The second kappa shape index (κ2) is 5.38. The van der Waals surface area contributed by atoms with Crippen molar-refractivity contribution in [3.63, 3.8) is 0 Å². The fourth-order valence-corrected chi connectivity index (χ4v) is 3.41. The molecule has 1 aliphatic carbocycles. The van der Waals surface area contributed by atoms with Crippen LogP contribution < -0.4 is 11.1 Å². The van der Waals surface area contributed by atoms with E-state index in [1.54, 1.807) is 12.4 Å². The molecule has 0 amide bonds. The molecule has 0 saturated heterocycles. The van der Waals surface area contributed by atoms with Crippen molar-refractivity contribution in [3.8, 4) is 11.1 Å². The Morgan fingerprint density at radius 1 is 1.30 bits per heavy atom. The summed E-state index contributed by atoms with van der Waals surface area (Å²) < 4.78 is 4.22. The minimum atomic E-state index is -0.589. The summed E-state index contributed by atoms with van der Waals surface area (Å²) >= 11 is 1.34. The summed E-state index contributed by atoms with van der Waals surface area (Å²) in [6, 6.07) is 3.82. The van der Waals surface area contributed by atoms with Crippen LogP contribution in [0.2, 0.25) is 0 Å². The number of nitrogens with two attached hydrogens (primary N) is 1. The van der Waals surface area contributed by atoms with E-state index in [4.69, 9.17) is 5.73 Å². The Morgan fingerprint density at radius 3 is 2.70 bits per heavy atom. The van der Waals surface area contributed by atoms with Crippen LogP contribution in [0.5, 0.6) is 0 Å². The van der Waals surface area contributed by atoms with E-state index < -0.39 is 5.60 Å². The number of nitrogens with one attached hydrogen (secondary N) is 1. The number of pyridine rings is 1. The molecule has 2 aromatic rings. The summed E-state index contributed by atoms with van der Waals surface area (Å²) in [5, 5.41) is 14.6. The van der Waals surface area contributed by atoms with Gasteiger partial charge >= 0.3 is 0 Å². The molecule has 0 bridgehead atoms. The summed E-state index contributed by atoms with van der Waals surface area (Å²) in [7, 11) is 0. The molecule has 5 nitrogen and oxygen atoms in total. The Labute approximate surface area is 122 Å². The molecule has 1 fully saturated rings. The van der Waals surface area contributed by atoms with E-state index in [0.29, 0.717) is 12.4 Å². The van der Waals surface area contributed by atoms with Crippen molar-refractivity contribution in [1.82, 2.24) is 9.36 Å². The van der Waals surface area contributed by atoms with Crippen LogP contribution in [0.3, 0.4) is 0 Å². The van der Waals surface area contributed by atoms with Gasteiger partial charge in [-0.25, -0.2) is 0 Å². The van der Waals surface area contributed by atoms with Crippen LogP contribution in [0, 0.1) is 0 Å². The number of aliphatic hydroxyl groups is 1. The predicted molar refractivity (Wildman–Crippen MR) is 81.7 cm³/mol. The van der Waals surface area contributed by atoms with Crippen molar-refractivity contribution in [2.45, 2.75) is 31.3 Å². The zero-order valence-corrected chi connectivity index (χ0v) is 12.0. The molecule has 3 rings (SSSR count). The van der Waals surface area contributed by atoms with Crippen LogP contribution in [0.4, 0.5) is 10.8 Å². The van der Waals surface area contributed by atoms with Gasteiger partial charge in [0.15, 0.2) is 0 Å². The van der Waals surface area contributed by atoms with Crippen LogP contribution in [-0.4, -0.2) is 26.6 Å². The van der Waals surface area contributed by atoms with Crippen molar-refractivity contribution in [1.29, 1.82) is 0 Å². The second-order valence-electron chi connectivity index (χ2n) is 5.29. The maximum absolute atomic E-state index is 10.4. The Morgan fingerprint density at radius 2 is 2.00 bits per heavy atom. The lowest BCUT2D eigenvalue weighted by atomic mass is 10.0. The van der Waals surface area contributed by atoms with Gasteiger partial charge < -0.3 is 16.2 Å². The Balaban J connectivity index is 1.81. The van der Waals surface area contributed by atoms with E-state index in [0.717, 1.165) is 41.8 Å². The quantitative estimate of drug-likeness (QED) is 0.805. The highest BCUT2D eigenvalue weighted by molar-refractivity contribution is 7.11. The van der Waals surface area contributed by atoms with Crippen LogP contribution in [0.25, 0.3) is 11.1 Å². The largest absolute Gasteiger partial charge is 0.388 e. The molecule has 1 aliphatic rings. The molecule has 2 heterocycles. The lowest BCUT2D eigenvalue weighted by molar-refractivity contribution is 0.0615. The normalized spacial score (nSPS) is 17.2. The first-order chi connectivity index (χ1) is 9.68. The third-order valence-corrected chi connectivity index (χ3v) is 4.62. The van der Waals surface area contributed by atoms with E-state index in [1.807, 2.05) is 12.1 Å². The minimum Gasteiger partial charge on any atom is -0.388 e. The zero-order chi connectivity index (χ0) is 14.0. The van der Waals surface area contributed by atoms with Crippen molar-refractivity contribution in [2.75, 3.05) is 17.6 Å². The fraction of sp³-hybridized carbons (Fsp3) is 0.429. The van der Waals surface area contributed by atoms with E-state index in [9.17, 15) is 5.11 Å². The van der Waals surface area contributed by atoms with Gasteiger partial charge in [-0.3, -0.25) is 4.98 Å². The Hall–Kier alpha value is -1.66. The molecular formula is C14H18N4OS. The molecule has 0 atom stereocenters. The van der Waals surface area contributed by atoms with Crippen molar-refractivity contribution in [2.24, 2.45) is 0 Å². The molecule has 106 valence electrons. The van der Waals surface area contributed by atoms with Crippen molar-refractivity contribution >= 4 is 22.4 Å². The summed E-state index contributed by atoms with van der Waals surface area (Å²) in [4.78, 5) is 4.02. The molecule has 4 N–H and O–H groups in total. The molecule has 1 saturated carbocycles. The van der Waals surface area contributed by atoms with Gasteiger partial charge in [0.2, 0.25) is 0 Å². The third kappa shape index (κ3) is 2.62. The lowest BCUT2D eigenvalue weighted by Gasteiger charge is -2.22. The maximum Gasteiger partial charge on any atom is 0.147 e. The first-order valence-corrected chi connectivity index (χ1v) is 7.57. The maximum atomic E-state index is 10.4. The van der Waals surface area contributed by atoms with E-state index in [-0.39, 0.29) is 0 Å². The third-order valence-electron chi connectivity index (χ3n) is 3.80. The molecule has 2 aromatic heterocycles. The van der Waals surface area contributed by atoms with E-state index in [1.165, 1.54) is 11.5 Å². The van der Waals surface area contributed by atoms with Crippen LogP contribution in [0.1, 0.15) is 25.7 Å². The Bertz CT molecular complexity index is 578. The van der Waals surface area contributed by atoms with Gasteiger partial charge in [-0.15, -0.1) is 0 Å². The number of rotatable bonds is 4. The molecule has 0 unspecified atom stereocenters. The number of anilines is 2. The summed E-state index contributed by atoms with van der Waals surface area (Å²) in [6.45, 7) is 0.548. The lowest BCUT2D eigenvalue weighted by Crippen LogP contribution is -2.33. The average Bonchev–Trinajstić information content (AvgIpc) is 3.05. The number of aromatic nitrogens is 2. The zero-order valence-electron chi connectivity index (χ0n) is 11.2. The van der Waals surface area contributed by atoms with Gasteiger partial charge in [0.25, 0.3) is 0 Å². The second-order valence-corrected chi connectivity index (χ2v) is 6.07. The topological polar surface area (TPSA) is 84.1 Å². The molecule has 0 aliphatic heterocycles. The van der Waals surface area contributed by atoms with E-state index >= 15 is 0 Å². The molecule has 0 aromatic carbocycles. The number of hydrogen-bond donors (Lipinski definition) is 3. The SMILES string of the molecule is Nc1nsc(NCC2(O)CCCC2)c1-c1ccncc1. The highest BCUT2D eigenvalue weighted by atomic mass is 32.1. The van der Waals surface area contributed by atoms with Crippen molar-refractivity contribution in [3.05, 3.63) is 24.5 Å². The summed E-state index contributed by atoms with van der Waals surface area (Å²) in [5.74, 6) is 0.516. The van der Waals surface area contributed by atoms with Crippen LogP contribution in [-0.2, 0) is 0 Å². The van der Waals surface area contributed by atoms with Gasteiger partial charge in [0, 0.05) is 18.9 Å². The summed E-state index contributed by atoms with van der Waals surface area (Å²) in [6.07, 6.45) is 7.39. The molecule has 20 heavy (non-hydrogen) atoms. The smallest absolute Gasteiger partial charge is 0.147 e. The van der Waals surface area contributed by atoms with Crippen LogP contribution in [0.15, 0.2) is 24.5 Å². The monoisotopic (exact) mass is 290 g/mol. The standard InChI is InChI=1S/C14H18N4OS/c15-12-11(10-3-7-16-8-4-10)13(20-18-12)17-9-14(19)5-1-2-6-14/h3-4,7-8,17,19H,1-2,5-6,9H2,(H2,15,18). The minimum absolute atomic E-state index is 0.516. The predicted octanol–water partition coefficient (Wildman–Crippen LogP) is 2.50. The molecular weight excluding hydrogens is 272 g/mol. The Kier molecular flexibility index (Phi) is 3.58. The molecule has 0 radical (unpaired) electrons. The fourth-order valence-electron chi connectivity index (χ4n) is 2.68. The molecule has 6 heteroatoms. The summed E-state index contributed by atoms with van der Waals surface area (Å²) in [5.41, 5.74) is 7.27. The van der Waals surface area contributed by atoms with Gasteiger partial charge in [-0.2, -0.15) is 4.37 Å². The number of hydrogen-bond acceptors (Lipinski definition) is 6. The highest BCUT2D eigenvalue weighted by Gasteiger charge is 2.31. The van der Waals surface area contributed by atoms with E-state index in [2.05, 4.69) is 14.7 Å². The molecule has 0 spiro atoms. The van der Waals surface area contributed by atoms with Gasteiger partial charge in [-0.1, -0.05) is 12.8 Å². The first-order valence-electron chi connectivity index (χ1n) is 6.80. The van der Waals surface area contributed by atoms with Gasteiger partial charge in [-0.05, 0) is 42.1 Å². The highest BCUT2D eigenvalue weighted by Crippen LogP contribution is 2.37. The average molecular weight is 290 g/mol. The van der Waals surface area contributed by atoms with Crippen LogP contribution >= 0.6 is 11.5 Å². The van der Waals surface area contributed by atoms with Gasteiger partial charge in [0.1, 0.15) is 10.8 Å². The van der Waals surface area contributed by atoms with Gasteiger partial charge in [0.05, 0.1) is 11.2 Å². The first kappa shape index (κ1) is 13.3.